The van der Waals surface area contributed by atoms with Gasteiger partial charge in [-0.25, -0.2) is 0 Å². The number of amides is 1. The first-order valence-electron chi connectivity index (χ1n) is 6.76. The third kappa shape index (κ3) is 3.61. The van der Waals surface area contributed by atoms with E-state index in [0.29, 0.717) is 11.4 Å². The molecule has 0 aliphatic rings. The monoisotopic (exact) mass is 372 g/mol. The SMILES string of the molecule is O=C(NCc1ccccn1)c1ccc(-c2ccc(Br)cc2)s1. The van der Waals surface area contributed by atoms with Crippen molar-refractivity contribution in [3.8, 4) is 10.4 Å². The Balaban J connectivity index is 1.68. The standard InChI is InChI=1S/C17H13BrN2OS/c18-13-6-4-12(5-7-13)15-8-9-16(22-15)17(21)20-11-14-3-1-2-10-19-14/h1-10H,11H2,(H,20,21). The lowest BCUT2D eigenvalue weighted by Gasteiger charge is -2.02. The van der Waals surface area contributed by atoms with Crippen molar-refractivity contribution in [1.82, 2.24) is 10.3 Å². The largest absolute Gasteiger partial charge is 0.346 e. The van der Waals surface area contributed by atoms with Crippen molar-refractivity contribution >= 4 is 33.2 Å². The number of hydrogen-bond donors (Lipinski definition) is 1. The van der Waals surface area contributed by atoms with Crippen LogP contribution in [0.25, 0.3) is 10.4 Å². The highest BCUT2D eigenvalue weighted by molar-refractivity contribution is 9.10. The average Bonchev–Trinajstić information content (AvgIpc) is 3.04. The maximum Gasteiger partial charge on any atom is 0.261 e. The Labute approximate surface area is 141 Å². The molecule has 0 unspecified atom stereocenters. The van der Waals surface area contributed by atoms with Gasteiger partial charge in [0.25, 0.3) is 5.91 Å². The summed E-state index contributed by atoms with van der Waals surface area (Å²) in [6, 6.07) is 17.5. The molecule has 0 saturated heterocycles. The minimum absolute atomic E-state index is 0.0704. The van der Waals surface area contributed by atoms with E-state index in [9.17, 15) is 4.79 Å². The van der Waals surface area contributed by atoms with Gasteiger partial charge in [0, 0.05) is 15.5 Å². The molecule has 2 aromatic heterocycles. The van der Waals surface area contributed by atoms with E-state index in [-0.39, 0.29) is 5.91 Å². The van der Waals surface area contributed by atoms with Crippen LogP contribution in [0.2, 0.25) is 0 Å². The van der Waals surface area contributed by atoms with Gasteiger partial charge in [-0.05, 0) is 42.0 Å². The minimum atomic E-state index is -0.0704. The van der Waals surface area contributed by atoms with Crippen molar-refractivity contribution in [2.24, 2.45) is 0 Å². The predicted molar refractivity (Wildman–Crippen MR) is 92.9 cm³/mol. The number of benzene rings is 1. The average molecular weight is 373 g/mol. The highest BCUT2D eigenvalue weighted by atomic mass is 79.9. The van der Waals surface area contributed by atoms with Crippen LogP contribution in [0.4, 0.5) is 0 Å². The van der Waals surface area contributed by atoms with Crippen LogP contribution in [0.3, 0.4) is 0 Å². The molecular formula is C17H13BrN2OS. The van der Waals surface area contributed by atoms with E-state index in [1.807, 2.05) is 54.6 Å². The summed E-state index contributed by atoms with van der Waals surface area (Å²) in [7, 11) is 0. The van der Waals surface area contributed by atoms with Crippen molar-refractivity contribution in [1.29, 1.82) is 0 Å². The number of rotatable bonds is 4. The van der Waals surface area contributed by atoms with Crippen molar-refractivity contribution in [3.05, 3.63) is 75.8 Å². The van der Waals surface area contributed by atoms with Gasteiger partial charge in [-0.2, -0.15) is 0 Å². The van der Waals surface area contributed by atoms with Crippen LogP contribution in [0, 0.1) is 0 Å². The number of aromatic nitrogens is 1. The molecule has 0 aliphatic heterocycles. The number of thiophene rings is 1. The maximum absolute atomic E-state index is 12.2. The molecule has 0 saturated carbocycles. The fourth-order valence-electron chi connectivity index (χ4n) is 1.99. The molecule has 0 aliphatic carbocycles. The molecular weight excluding hydrogens is 360 g/mol. The molecule has 0 radical (unpaired) electrons. The van der Waals surface area contributed by atoms with E-state index in [1.165, 1.54) is 11.3 Å². The summed E-state index contributed by atoms with van der Waals surface area (Å²) >= 11 is 4.91. The minimum Gasteiger partial charge on any atom is -0.346 e. The third-order valence-electron chi connectivity index (χ3n) is 3.11. The molecule has 3 rings (SSSR count). The van der Waals surface area contributed by atoms with Crippen molar-refractivity contribution in [3.63, 3.8) is 0 Å². The number of nitrogens with zero attached hydrogens (tertiary/aromatic N) is 1. The fraction of sp³-hybridized carbons (Fsp3) is 0.0588. The number of carbonyl (C=O) groups is 1. The zero-order valence-electron chi connectivity index (χ0n) is 11.6. The molecule has 0 fully saturated rings. The summed E-state index contributed by atoms with van der Waals surface area (Å²) in [5, 5.41) is 2.89. The molecule has 1 N–H and O–H groups in total. The lowest BCUT2D eigenvalue weighted by molar-refractivity contribution is 0.0954. The van der Waals surface area contributed by atoms with Crippen LogP contribution in [0.15, 0.2) is 65.3 Å². The van der Waals surface area contributed by atoms with E-state index in [2.05, 4.69) is 26.2 Å². The van der Waals surface area contributed by atoms with E-state index in [1.54, 1.807) is 6.20 Å². The van der Waals surface area contributed by atoms with Gasteiger partial charge in [0.2, 0.25) is 0 Å². The van der Waals surface area contributed by atoms with E-state index >= 15 is 0 Å². The predicted octanol–water partition coefficient (Wildman–Crippen LogP) is 4.50. The molecule has 22 heavy (non-hydrogen) atoms. The zero-order chi connectivity index (χ0) is 15.4. The molecule has 0 bridgehead atoms. The number of halogens is 1. The molecule has 0 atom stereocenters. The van der Waals surface area contributed by atoms with Crippen molar-refractivity contribution in [2.75, 3.05) is 0 Å². The molecule has 2 heterocycles. The maximum atomic E-state index is 12.2. The van der Waals surface area contributed by atoms with Gasteiger partial charge in [-0.1, -0.05) is 34.1 Å². The Morgan fingerprint density at radius 2 is 1.91 bits per heavy atom. The summed E-state index contributed by atoms with van der Waals surface area (Å²) in [6.45, 7) is 0.436. The molecule has 3 aromatic rings. The van der Waals surface area contributed by atoms with Crippen LogP contribution in [0.1, 0.15) is 15.4 Å². The van der Waals surface area contributed by atoms with Gasteiger partial charge in [-0.15, -0.1) is 11.3 Å². The second-order valence-corrected chi connectivity index (χ2v) is 6.67. The summed E-state index contributed by atoms with van der Waals surface area (Å²) in [6.07, 6.45) is 1.72. The Morgan fingerprint density at radius 1 is 1.09 bits per heavy atom. The number of carbonyl (C=O) groups excluding carboxylic acids is 1. The summed E-state index contributed by atoms with van der Waals surface area (Å²) in [5.41, 5.74) is 1.96. The summed E-state index contributed by atoms with van der Waals surface area (Å²) in [4.78, 5) is 18.2. The molecule has 1 aromatic carbocycles. The normalized spacial score (nSPS) is 10.4. The number of nitrogens with one attached hydrogen (secondary N) is 1. The zero-order valence-corrected chi connectivity index (χ0v) is 14.0. The second kappa shape index (κ2) is 6.85. The van der Waals surface area contributed by atoms with Gasteiger partial charge in [0.1, 0.15) is 0 Å². The summed E-state index contributed by atoms with van der Waals surface area (Å²) in [5.74, 6) is -0.0704. The molecule has 110 valence electrons. The number of hydrogen-bond acceptors (Lipinski definition) is 3. The Morgan fingerprint density at radius 3 is 2.64 bits per heavy atom. The van der Waals surface area contributed by atoms with Crippen molar-refractivity contribution < 1.29 is 4.79 Å². The van der Waals surface area contributed by atoms with Crippen molar-refractivity contribution in [2.45, 2.75) is 6.54 Å². The molecule has 1 amide bonds. The van der Waals surface area contributed by atoms with E-state index in [4.69, 9.17) is 0 Å². The van der Waals surface area contributed by atoms with Crippen LogP contribution in [0.5, 0.6) is 0 Å². The Bertz CT molecular complexity index is 769. The third-order valence-corrected chi connectivity index (χ3v) is 4.78. The first-order chi connectivity index (χ1) is 10.7. The summed E-state index contributed by atoms with van der Waals surface area (Å²) < 4.78 is 1.04. The van der Waals surface area contributed by atoms with Crippen LogP contribution < -0.4 is 5.32 Å². The second-order valence-electron chi connectivity index (χ2n) is 4.67. The van der Waals surface area contributed by atoms with Gasteiger partial charge < -0.3 is 5.32 Å². The fourth-order valence-corrected chi connectivity index (χ4v) is 3.18. The first kappa shape index (κ1) is 14.9. The molecule has 0 spiro atoms. The van der Waals surface area contributed by atoms with E-state index < -0.39 is 0 Å². The first-order valence-corrected chi connectivity index (χ1v) is 8.37. The van der Waals surface area contributed by atoms with Gasteiger partial charge in [-0.3, -0.25) is 9.78 Å². The lowest BCUT2D eigenvalue weighted by Crippen LogP contribution is -2.22. The van der Waals surface area contributed by atoms with Gasteiger partial charge in [0.05, 0.1) is 17.1 Å². The van der Waals surface area contributed by atoms with Gasteiger partial charge >= 0.3 is 0 Å². The Kier molecular flexibility index (Phi) is 4.65. The van der Waals surface area contributed by atoms with Crippen LogP contribution in [-0.4, -0.2) is 10.9 Å². The van der Waals surface area contributed by atoms with Crippen LogP contribution in [-0.2, 0) is 6.54 Å². The highest BCUT2D eigenvalue weighted by Gasteiger charge is 2.10. The topological polar surface area (TPSA) is 42.0 Å². The Hall–Kier alpha value is -1.98. The highest BCUT2D eigenvalue weighted by Crippen LogP contribution is 2.29. The van der Waals surface area contributed by atoms with Gasteiger partial charge in [0.15, 0.2) is 0 Å². The molecule has 3 nitrogen and oxygen atoms in total. The molecule has 5 heteroatoms. The quantitative estimate of drug-likeness (QED) is 0.732. The smallest absolute Gasteiger partial charge is 0.261 e. The van der Waals surface area contributed by atoms with Crippen LogP contribution >= 0.6 is 27.3 Å². The lowest BCUT2D eigenvalue weighted by atomic mass is 10.2. The number of pyridine rings is 1. The van der Waals surface area contributed by atoms with E-state index in [0.717, 1.165) is 20.6 Å².